The Hall–Kier alpha value is -2.72. The molecule has 1 aliphatic rings. The normalized spacial score (nSPS) is 16.5. The highest BCUT2D eigenvalue weighted by molar-refractivity contribution is 7.98. The smallest absolute Gasteiger partial charge is 0.258 e. The Balaban J connectivity index is 2.24. The van der Waals surface area contributed by atoms with E-state index in [1.54, 1.807) is 18.7 Å². The number of fused-ring (bicyclic) bond motifs is 1. The topological polar surface area (TPSA) is 105 Å². The summed E-state index contributed by atoms with van der Waals surface area (Å²) in [6.07, 6.45) is 1.98. The maximum atomic E-state index is 12.4. The van der Waals surface area contributed by atoms with Crippen molar-refractivity contribution in [1.82, 2.24) is 9.97 Å². The molecule has 0 saturated carbocycles. The second-order valence-electron chi connectivity index (χ2n) is 5.07. The number of ether oxygens (including phenoxy) is 1. The first kappa shape index (κ1) is 15.2. The van der Waals surface area contributed by atoms with Gasteiger partial charge in [0.1, 0.15) is 17.5 Å². The van der Waals surface area contributed by atoms with E-state index in [4.69, 9.17) is 10.5 Å². The van der Waals surface area contributed by atoms with E-state index >= 15 is 0 Å². The monoisotopic (exact) mass is 326 g/mol. The van der Waals surface area contributed by atoms with Crippen molar-refractivity contribution in [2.24, 2.45) is 5.73 Å². The first-order valence-corrected chi connectivity index (χ1v) is 8.10. The third-order valence-corrected chi connectivity index (χ3v) is 4.40. The van der Waals surface area contributed by atoms with Gasteiger partial charge in [-0.3, -0.25) is 4.79 Å². The molecular formula is C16H14N4O2S. The molecule has 116 valence electrons. The zero-order valence-electron chi connectivity index (χ0n) is 12.6. The van der Waals surface area contributed by atoms with Crippen LogP contribution in [0.15, 0.2) is 45.4 Å². The molecule has 1 aliphatic heterocycles. The van der Waals surface area contributed by atoms with Gasteiger partial charge in [-0.25, -0.2) is 0 Å². The second kappa shape index (κ2) is 5.82. The minimum Gasteiger partial charge on any atom is -0.422 e. The number of hydrogen-bond donors (Lipinski definition) is 2. The van der Waals surface area contributed by atoms with Crippen LogP contribution in [0.2, 0.25) is 0 Å². The first-order chi connectivity index (χ1) is 11.0. The Kier molecular flexibility index (Phi) is 3.84. The molecule has 0 saturated heterocycles. The number of aromatic nitrogens is 2. The van der Waals surface area contributed by atoms with Crippen LogP contribution in [0.5, 0.6) is 5.88 Å². The van der Waals surface area contributed by atoms with Gasteiger partial charge in [-0.1, -0.05) is 12.1 Å². The molecule has 7 heteroatoms. The van der Waals surface area contributed by atoms with E-state index in [9.17, 15) is 10.1 Å². The minimum atomic E-state index is -0.587. The van der Waals surface area contributed by atoms with Crippen molar-refractivity contribution in [2.45, 2.75) is 17.7 Å². The van der Waals surface area contributed by atoms with Crippen LogP contribution < -0.4 is 16.0 Å². The zero-order chi connectivity index (χ0) is 16.6. The van der Waals surface area contributed by atoms with E-state index in [0.29, 0.717) is 11.4 Å². The molecule has 0 spiro atoms. The maximum Gasteiger partial charge on any atom is 0.258 e. The van der Waals surface area contributed by atoms with Gasteiger partial charge in [-0.2, -0.15) is 10.2 Å². The van der Waals surface area contributed by atoms with Gasteiger partial charge in [-0.15, -0.1) is 11.8 Å². The number of rotatable bonds is 2. The van der Waals surface area contributed by atoms with E-state index in [1.807, 2.05) is 30.5 Å². The van der Waals surface area contributed by atoms with Gasteiger partial charge < -0.3 is 15.5 Å². The zero-order valence-corrected chi connectivity index (χ0v) is 13.4. The van der Waals surface area contributed by atoms with Gasteiger partial charge in [-0.05, 0) is 30.9 Å². The Labute approximate surface area is 137 Å². The van der Waals surface area contributed by atoms with Crippen LogP contribution in [-0.2, 0) is 0 Å². The fourth-order valence-electron chi connectivity index (χ4n) is 2.60. The molecule has 2 aromatic rings. The van der Waals surface area contributed by atoms with Crippen LogP contribution in [0.3, 0.4) is 0 Å². The molecule has 0 unspecified atom stereocenters. The van der Waals surface area contributed by atoms with Crippen molar-refractivity contribution in [3.8, 4) is 11.9 Å². The van der Waals surface area contributed by atoms with Crippen LogP contribution in [0.1, 0.15) is 22.9 Å². The molecule has 2 heterocycles. The average Bonchev–Trinajstić information content (AvgIpc) is 2.53. The molecule has 0 aliphatic carbocycles. The predicted molar refractivity (Wildman–Crippen MR) is 87.1 cm³/mol. The highest BCUT2D eigenvalue weighted by Gasteiger charge is 2.34. The maximum absolute atomic E-state index is 12.4. The summed E-state index contributed by atoms with van der Waals surface area (Å²) in [5.74, 6) is -0.0203. The Morgan fingerprint density at radius 1 is 1.39 bits per heavy atom. The third kappa shape index (κ3) is 2.58. The summed E-state index contributed by atoms with van der Waals surface area (Å²) in [4.78, 5) is 20.4. The van der Waals surface area contributed by atoms with E-state index in [1.165, 1.54) is 0 Å². The molecule has 0 radical (unpaired) electrons. The van der Waals surface area contributed by atoms with E-state index in [-0.39, 0.29) is 22.9 Å². The van der Waals surface area contributed by atoms with Gasteiger partial charge in [0.15, 0.2) is 0 Å². The van der Waals surface area contributed by atoms with E-state index in [2.05, 4.69) is 16.0 Å². The molecular weight excluding hydrogens is 312 g/mol. The lowest BCUT2D eigenvalue weighted by Crippen LogP contribution is -2.29. The number of thioether (sulfide) groups is 1. The molecule has 0 fully saturated rings. The summed E-state index contributed by atoms with van der Waals surface area (Å²) in [6.45, 7) is 1.66. The highest BCUT2D eigenvalue weighted by Crippen LogP contribution is 2.39. The van der Waals surface area contributed by atoms with Gasteiger partial charge in [0, 0.05) is 4.90 Å². The van der Waals surface area contributed by atoms with E-state index in [0.717, 1.165) is 10.5 Å². The molecule has 1 aromatic carbocycles. The first-order valence-electron chi connectivity index (χ1n) is 6.87. The fourth-order valence-corrected chi connectivity index (χ4v) is 3.00. The standard InChI is InChI=1S/C16H14N4O2S/c1-8-19-15(21)13-12(9-3-5-10(23-2)6-4-9)11(7-17)14(18)22-16(13)20-8/h3-6,12H,18H2,1-2H3,(H,19,20,21)/t12-/m0/s1. The number of benzene rings is 1. The van der Waals surface area contributed by atoms with Crippen molar-refractivity contribution < 1.29 is 4.74 Å². The molecule has 6 nitrogen and oxygen atoms in total. The van der Waals surface area contributed by atoms with Gasteiger partial charge in [0.2, 0.25) is 11.8 Å². The summed E-state index contributed by atoms with van der Waals surface area (Å²) >= 11 is 1.62. The Morgan fingerprint density at radius 3 is 2.70 bits per heavy atom. The number of aryl methyl sites for hydroxylation is 1. The van der Waals surface area contributed by atoms with Gasteiger partial charge in [0.05, 0.1) is 11.5 Å². The molecule has 3 N–H and O–H groups in total. The lowest BCUT2D eigenvalue weighted by atomic mass is 9.85. The summed E-state index contributed by atoms with van der Waals surface area (Å²) < 4.78 is 5.39. The molecule has 1 atom stereocenters. The number of nitrogens with zero attached hydrogens (tertiary/aromatic N) is 2. The number of nitriles is 1. The lowest BCUT2D eigenvalue weighted by Gasteiger charge is -2.24. The number of allylic oxidation sites excluding steroid dienone is 1. The number of nitrogens with one attached hydrogen (secondary N) is 1. The van der Waals surface area contributed by atoms with Crippen molar-refractivity contribution in [3.05, 3.63) is 63.0 Å². The lowest BCUT2D eigenvalue weighted by molar-refractivity contribution is 0.373. The van der Waals surface area contributed by atoms with Gasteiger partial charge >= 0.3 is 0 Å². The summed E-state index contributed by atoms with van der Waals surface area (Å²) in [5.41, 5.74) is 6.85. The van der Waals surface area contributed by atoms with Crippen molar-refractivity contribution >= 4 is 11.8 Å². The number of H-pyrrole nitrogens is 1. The molecule has 23 heavy (non-hydrogen) atoms. The predicted octanol–water partition coefficient (Wildman–Crippen LogP) is 2.02. The molecule has 3 rings (SSSR count). The Bertz CT molecular complexity index is 894. The molecule has 0 bridgehead atoms. The van der Waals surface area contributed by atoms with Crippen molar-refractivity contribution in [2.75, 3.05) is 6.26 Å². The largest absolute Gasteiger partial charge is 0.422 e. The molecule has 1 aromatic heterocycles. The number of aromatic amines is 1. The third-order valence-electron chi connectivity index (χ3n) is 3.66. The van der Waals surface area contributed by atoms with Crippen LogP contribution in [0, 0.1) is 18.3 Å². The van der Waals surface area contributed by atoms with Crippen LogP contribution >= 0.6 is 11.8 Å². The Morgan fingerprint density at radius 2 is 2.09 bits per heavy atom. The van der Waals surface area contributed by atoms with Crippen molar-refractivity contribution in [3.63, 3.8) is 0 Å². The SMILES string of the molecule is CSc1ccc([C@H]2C(C#N)=C(N)Oc3nc(C)[nH]c(=O)c32)cc1. The fraction of sp³-hybridized carbons (Fsp3) is 0.188. The van der Waals surface area contributed by atoms with Crippen LogP contribution in [0.25, 0.3) is 0 Å². The van der Waals surface area contributed by atoms with Crippen molar-refractivity contribution in [1.29, 1.82) is 5.26 Å². The second-order valence-corrected chi connectivity index (χ2v) is 5.95. The van der Waals surface area contributed by atoms with Crippen LogP contribution in [-0.4, -0.2) is 16.2 Å². The molecule has 0 amide bonds. The number of nitrogens with two attached hydrogens (primary N) is 1. The van der Waals surface area contributed by atoms with Gasteiger partial charge in [0.25, 0.3) is 5.56 Å². The minimum absolute atomic E-state index is 0.0172. The summed E-state index contributed by atoms with van der Waals surface area (Å²) in [6, 6.07) is 9.71. The average molecular weight is 326 g/mol. The summed E-state index contributed by atoms with van der Waals surface area (Å²) in [5, 5.41) is 9.46. The van der Waals surface area contributed by atoms with E-state index < -0.39 is 5.92 Å². The highest BCUT2D eigenvalue weighted by atomic mass is 32.2. The number of hydrogen-bond acceptors (Lipinski definition) is 6. The summed E-state index contributed by atoms with van der Waals surface area (Å²) in [7, 11) is 0. The quantitative estimate of drug-likeness (QED) is 0.818. The van der Waals surface area contributed by atoms with Crippen LogP contribution in [0.4, 0.5) is 0 Å².